The second-order valence-corrected chi connectivity index (χ2v) is 4.46. The molecule has 0 bridgehead atoms. The van der Waals surface area contributed by atoms with E-state index in [0.717, 1.165) is 11.3 Å². The predicted octanol–water partition coefficient (Wildman–Crippen LogP) is 4.02. The third kappa shape index (κ3) is 2.69. The number of benzene rings is 2. The van der Waals surface area contributed by atoms with Gasteiger partial charge in [0.25, 0.3) is 0 Å². The van der Waals surface area contributed by atoms with Crippen LogP contribution in [0.5, 0.6) is 11.5 Å². The third-order valence-corrected chi connectivity index (χ3v) is 2.91. The van der Waals surface area contributed by atoms with Gasteiger partial charge in [-0.1, -0.05) is 0 Å². The lowest BCUT2D eigenvalue weighted by molar-refractivity contribution is 0.480. The van der Waals surface area contributed by atoms with E-state index in [0.29, 0.717) is 11.5 Å². The van der Waals surface area contributed by atoms with Gasteiger partial charge >= 0.3 is 0 Å². The first kappa shape index (κ1) is 12.4. The predicted molar refractivity (Wildman–Crippen MR) is 75.1 cm³/mol. The zero-order valence-electron chi connectivity index (χ0n) is 11.0. The number of ether oxygens (including phenoxy) is 1. The van der Waals surface area contributed by atoms with Crippen molar-refractivity contribution in [3.8, 4) is 22.8 Å². The Kier molecular flexibility index (Phi) is 3.21. The summed E-state index contributed by atoms with van der Waals surface area (Å²) in [5.41, 5.74) is 1.94. The van der Waals surface area contributed by atoms with Gasteiger partial charge in [-0.2, -0.15) is 5.10 Å². The van der Waals surface area contributed by atoms with Crippen LogP contribution in [0.1, 0.15) is 0 Å². The highest BCUT2D eigenvalue weighted by molar-refractivity contribution is 5.59. The summed E-state index contributed by atoms with van der Waals surface area (Å²) < 4.78 is 20.2. The smallest absolute Gasteiger partial charge is 0.127 e. The van der Waals surface area contributed by atoms with E-state index in [-0.39, 0.29) is 5.82 Å². The van der Waals surface area contributed by atoms with Crippen LogP contribution in [-0.4, -0.2) is 9.78 Å². The van der Waals surface area contributed by atoms with Crippen LogP contribution in [0.2, 0.25) is 0 Å². The molecule has 3 aromatic rings. The molecule has 3 rings (SSSR count). The fourth-order valence-corrected chi connectivity index (χ4v) is 1.90. The Bertz CT molecular complexity index is 702. The lowest BCUT2D eigenvalue weighted by Gasteiger charge is -2.06. The standard InChI is InChI=1S/C16H13FN2O/c1-19-11-10-16(18-19)12-2-6-14(7-3-12)20-15-8-4-13(17)5-9-15/h2-11H,1H3. The van der Waals surface area contributed by atoms with Crippen LogP contribution in [0.15, 0.2) is 60.8 Å². The van der Waals surface area contributed by atoms with Gasteiger partial charge in [0.05, 0.1) is 5.69 Å². The van der Waals surface area contributed by atoms with Crippen molar-refractivity contribution < 1.29 is 9.13 Å². The molecule has 0 N–H and O–H groups in total. The average Bonchev–Trinajstić information content (AvgIpc) is 2.89. The summed E-state index contributed by atoms with van der Waals surface area (Å²) in [4.78, 5) is 0. The van der Waals surface area contributed by atoms with Crippen molar-refractivity contribution in [1.82, 2.24) is 9.78 Å². The van der Waals surface area contributed by atoms with Gasteiger partial charge in [0.15, 0.2) is 0 Å². The van der Waals surface area contributed by atoms with Gasteiger partial charge < -0.3 is 4.74 Å². The van der Waals surface area contributed by atoms with E-state index in [4.69, 9.17) is 4.74 Å². The average molecular weight is 268 g/mol. The number of rotatable bonds is 3. The Balaban J connectivity index is 1.77. The lowest BCUT2D eigenvalue weighted by Crippen LogP contribution is -1.88. The first-order valence-corrected chi connectivity index (χ1v) is 6.24. The van der Waals surface area contributed by atoms with Gasteiger partial charge in [-0.05, 0) is 54.6 Å². The number of aryl methyl sites for hydroxylation is 1. The molecule has 4 heteroatoms. The number of hydrogen-bond donors (Lipinski definition) is 0. The van der Waals surface area contributed by atoms with Crippen LogP contribution in [0.3, 0.4) is 0 Å². The second kappa shape index (κ2) is 5.17. The van der Waals surface area contributed by atoms with Crippen molar-refractivity contribution in [1.29, 1.82) is 0 Å². The molecular formula is C16H13FN2O. The minimum absolute atomic E-state index is 0.275. The zero-order valence-corrected chi connectivity index (χ0v) is 11.0. The molecule has 0 aliphatic heterocycles. The molecule has 20 heavy (non-hydrogen) atoms. The molecule has 0 atom stereocenters. The molecule has 100 valence electrons. The van der Waals surface area contributed by atoms with E-state index in [1.807, 2.05) is 43.6 Å². The molecule has 0 aliphatic carbocycles. The Labute approximate surface area is 116 Å². The van der Waals surface area contributed by atoms with Gasteiger partial charge in [-0.25, -0.2) is 4.39 Å². The van der Waals surface area contributed by atoms with E-state index >= 15 is 0 Å². The maximum atomic E-state index is 12.8. The molecule has 0 spiro atoms. The maximum Gasteiger partial charge on any atom is 0.127 e. The van der Waals surface area contributed by atoms with E-state index in [9.17, 15) is 4.39 Å². The Morgan fingerprint density at radius 2 is 1.50 bits per heavy atom. The van der Waals surface area contributed by atoms with E-state index in [1.54, 1.807) is 16.8 Å². The summed E-state index contributed by atoms with van der Waals surface area (Å²) in [7, 11) is 1.88. The fourth-order valence-electron chi connectivity index (χ4n) is 1.90. The normalized spacial score (nSPS) is 10.5. The van der Waals surface area contributed by atoms with Crippen LogP contribution >= 0.6 is 0 Å². The van der Waals surface area contributed by atoms with Crippen LogP contribution in [-0.2, 0) is 7.05 Å². The highest BCUT2D eigenvalue weighted by Gasteiger charge is 2.02. The SMILES string of the molecule is Cn1ccc(-c2ccc(Oc3ccc(F)cc3)cc2)n1. The van der Waals surface area contributed by atoms with Gasteiger partial charge in [0.1, 0.15) is 17.3 Å². The van der Waals surface area contributed by atoms with Crippen molar-refractivity contribution in [2.45, 2.75) is 0 Å². The van der Waals surface area contributed by atoms with Gasteiger partial charge in [-0.15, -0.1) is 0 Å². The summed E-state index contributed by atoms with van der Waals surface area (Å²) in [5.74, 6) is 1.04. The summed E-state index contributed by atoms with van der Waals surface area (Å²) in [6, 6.07) is 15.5. The molecule has 0 aliphatic rings. The molecule has 2 aromatic carbocycles. The van der Waals surface area contributed by atoms with E-state index < -0.39 is 0 Å². The van der Waals surface area contributed by atoms with Crippen molar-refractivity contribution >= 4 is 0 Å². The third-order valence-electron chi connectivity index (χ3n) is 2.91. The summed E-state index contributed by atoms with van der Waals surface area (Å²) in [6.45, 7) is 0. The molecule has 0 fully saturated rings. The number of aromatic nitrogens is 2. The molecule has 3 nitrogen and oxygen atoms in total. The van der Waals surface area contributed by atoms with Crippen LogP contribution in [0.25, 0.3) is 11.3 Å². The Morgan fingerprint density at radius 3 is 2.05 bits per heavy atom. The lowest BCUT2D eigenvalue weighted by atomic mass is 10.1. The summed E-state index contributed by atoms with van der Waals surface area (Å²) in [5, 5.41) is 4.34. The first-order chi connectivity index (χ1) is 9.70. The minimum Gasteiger partial charge on any atom is -0.457 e. The molecule has 0 amide bonds. The molecule has 0 saturated heterocycles. The monoisotopic (exact) mass is 268 g/mol. The Hall–Kier alpha value is -2.62. The number of hydrogen-bond acceptors (Lipinski definition) is 2. The molecule has 0 radical (unpaired) electrons. The van der Waals surface area contributed by atoms with E-state index in [1.165, 1.54) is 12.1 Å². The molecule has 1 aromatic heterocycles. The summed E-state index contributed by atoms with van der Waals surface area (Å²) >= 11 is 0. The number of halogens is 1. The molecule has 1 heterocycles. The highest BCUT2D eigenvalue weighted by Crippen LogP contribution is 2.25. The summed E-state index contributed by atoms with van der Waals surface area (Å²) in [6.07, 6.45) is 1.90. The maximum absolute atomic E-state index is 12.8. The van der Waals surface area contributed by atoms with Crippen molar-refractivity contribution in [3.63, 3.8) is 0 Å². The molecular weight excluding hydrogens is 255 g/mol. The van der Waals surface area contributed by atoms with Crippen molar-refractivity contribution in [3.05, 3.63) is 66.6 Å². The Morgan fingerprint density at radius 1 is 0.900 bits per heavy atom. The second-order valence-electron chi connectivity index (χ2n) is 4.46. The van der Waals surface area contributed by atoms with Gasteiger partial charge in [0, 0.05) is 18.8 Å². The van der Waals surface area contributed by atoms with Crippen molar-refractivity contribution in [2.24, 2.45) is 7.05 Å². The van der Waals surface area contributed by atoms with Crippen LogP contribution < -0.4 is 4.74 Å². The first-order valence-electron chi connectivity index (χ1n) is 6.24. The minimum atomic E-state index is -0.275. The highest BCUT2D eigenvalue weighted by atomic mass is 19.1. The van der Waals surface area contributed by atoms with Gasteiger partial charge in [-0.3, -0.25) is 4.68 Å². The van der Waals surface area contributed by atoms with E-state index in [2.05, 4.69) is 5.10 Å². The van der Waals surface area contributed by atoms with Crippen LogP contribution in [0.4, 0.5) is 4.39 Å². The molecule has 0 saturated carbocycles. The van der Waals surface area contributed by atoms with Crippen LogP contribution in [0, 0.1) is 5.82 Å². The fraction of sp³-hybridized carbons (Fsp3) is 0.0625. The largest absolute Gasteiger partial charge is 0.457 e. The topological polar surface area (TPSA) is 27.1 Å². The quantitative estimate of drug-likeness (QED) is 0.717. The van der Waals surface area contributed by atoms with Gasteiger partial charge in [0.2, 0.25) is 0 Å². The number of nitrogens with zero attached hydrogens (tertiary/aromatic N) is 2. The zero-order chi connectivity index (χ0) is 13.9. The van der Waals surface area contributed by atoms with Crippen molar-refractivity contribution in [2.75, 3.05) is 0 Å². The molecule has 0 unspecified atom stereocenters.